The normalized spacial score (nSPS) is 16.4. The third-order valence-corrected chi connectivity index (χ3v) is 9.65. The van der Waals surface area contributed by atoms with E-state index in [-0.39, 0.29) is 17.1 Å². The smallest absolute Gasteiger partial charge is 0.341 e. The molecule has 4 rings (SSSR count). The van der Waals surface area contributed by atoms with Gasteiger partial charge in [-0.3, -0.25) is 4.79 Å². The lowest BCUT2D eigenvalue weighted by atomic mass is 9.95. The number of nitrogens with zero attached hydrogens (tertiary/aromatic N) is 1. The van der Waals surface area contributed by atoms with E-state index in [0.717, 1.165) is 61.8 Å². The van der Waals surface area contributed by atoms with Crippen LogP contribution in [0.25, 0.3) is 0 Å². The van der Waals surface area contributed by atoms with Crippen molar-refractivity contribution in [3.63, 3.8) is 0 Å². The number of anilines is 1. The molecule has 2 aromatic rings. The van der Waals surface area contributed by atoms with Crippen LogP contribution >= 0.6 is 11.3 Å². The number of ether oxygens (including phenoxy) is 2. The number of rotatable bonds is 8. The summed E-state index contributed by atoms with van der Waals surface area (Å²) >= 11 is 1.36. The molecule has 1 aromatic heterocycles. The summed E-state index contributed by atoms with van der Waals surface area (Å²) < 4.78 is 37.7. The molecule has 1 aromatic carbocycles. The number of esters is 2. The van der Waals surface area contributed by atoms with Gasteiger partial charge in [0.15, 0.2) is 6.61 Å². The van der Waals surface area contributed by atoms with Gasteiger partial charge in [0.05, 0.1) is 22.6 Å². The number of carbonyl (C=O) groups excluding carboxylic acids is 3. The molecule has 1 aliphatic carbocycles. The highest BCUT2D eigenvalue weighted by Crippen LogP contribution is 2.38. The predicted molar refractivity (Wildman–Crippen MR) is 139 cm³/mol. The van der Waals surface area contributed by atoms with Gasteiger partial charge in [-0.2, -0.15) is 4.31 Å². The largest absolute Gasteiger partial charge is 0.462 e. The Hall–Kier alpha value is -2.76. The summed E-state index contributed by atoms with van der Waals surface area (Å²) in [5, 5.41) is 3.11. The van der Waals surface area contributed by atoms with Gasteiger partial charge in [0.25, 0.3) is 5.91 Å². The fourth-order valence-electron chi connectivity index (χ4n) is 4.64. The van der Waals surface area contributed by atoms with Crippen LogP contribution in [0.4, 0.5) is 5.00 Å². The van der Waals surface area contributed by atoms with Crippen LogP contribution < -0.4 is 5.32 Å². The molecule has 0 atom stereocenters. The predicted octanol–water partition coefficient (Wildman–Crippen LogP) is 4.16. The third kappa shape index (κ3) is 6.39. The molecule has 0 spiro atoms. The van der Waals surface area contributed by atoms with Crippen molar-refractivity contribution in [2.24, 2.45) is 0 Å². The number of nitrogens with one attached hydrogen (secondary N) is 1. The Bertz CT molecular complexity index is 1240. The van der Waals surface area contributed by atoms with E-state index in [1.165, 1.54) is 39.9 Å². The van der Waals surface area contributed by atoms with Crippen LogP contribution in [0.3, 0.4) is 0 Å². The zero-order chi connectivity index (χ0) is 26.4. The van der Waals surface area contributed by atoms with Crippen LogP contribution in [0.2, 0.25) is 0 Å². The van der Waals surface area contributed by atoms with E-state index >= 15 is 0 Å². The maximum Gasteiger partial charge on any atom is 0.341 e. The van der Waals surface area contributed by atoms with Crippen LogP contribution in [0.5, 0.6) is 0 Å². The van der Waals surface area contributed by atoms with Gasteiger partial charge in [-0.25, -0.2) is 18.0 Å². The molecule has 1 amide bonds. The molecule has 0 saturated carbocycles. The Morgan fingerprint density at radius 1 is 0.919 bits per heavy atom. The second-order valence-corrected chi connectivity index (χ2v) is 12.1. The standard InChI is InChI=1S/C26H32N2O7S2/c1-2-34-26(31)23-20-9-5-6-10-21(20)36-24(23)27-22(29)17-35-25(30)18-11-13-19(14-12-18)37(32,33)28-15-7-3-4-8-16-28/h11-14H,2-10,15-17H2,1H3,(H,27,29). The molecule has 2 heterocycles. The minimum atomic E-state index is -3.62. The first kappa shape index (κ1) is 27.3. The first-order valence-corrected chi connectivity index (χ1v) is 15.0. The molecule has 1 fully saturated rings. The van der Waals surface area contributed by atoms with Gasteiger partial charge in [0.2, 0.25) is 10.0 Å². The number of amides is 1. The number of aryl methyl sites for hydroxylation is 1. The van der Waals surface area contributed by atoms with Gasteiger partial charge in [0, 0.05) is 18.0 Å². The number of benzene rings is 1. The summed E-state index contributed by atoms with van der Waals surface area (Å²) in [7, 11) is -3.62. The highest BCUT2D eigenvalue weighted by molar-refractivity contribution is 7.89. The first-order valence-electron chi connectivity index (χ1n) is 12.7. The third-order valence-electron chi connectivity index (χ3n) is 6.53. The van der Waals surface area contributed by atoms with Crippen LogP contribution in [-0.2, 0) is 37.1 Å². The molecule has 1 N–H and O–H groups in total. The molecule has 0 unspecified atom stereocenters. The lowest BCUT2D eigenvalue weighted by molar-refractivity contribution is -0.119. The zero-order valence-corrected chi connectivity index (χ0v) is 22.5. The number of thiophene rings is 1. The first-order chi connectivity index (χ1) is 17.8. The van der Waals surface area contributed by atoms with E-state index in [9.17, 15) is 22.8 Å². The molecule has 1 aliphatic heterocycles. The molecule has 9 nitrogen and oxygen atoms in total. The number of sulfonamides is 1. The second kappa shape index (κ2) is 12.2. The Kier molecular flexibility index (Phi) is 8.99. The van der Waals surface area contributed by atoms with Gasteiger partial charge < -0.3 is 14.8 Å². The number of carbonyl (C=O) groups is 3. The van der Waals surface area contributed by atoms with Crippen molar-refractivity contribution in [3.8, 4) is 0 Å². The van der Waals surface area contributed by atoms with Crippen molar-refractivity contribution >= 4 is 44.2 Å². The molecule has 200 valence electrons. The topological polar surface area (TPSA) is 119 Å². The van der Waals surface area contributed by atoms with Crippen LogP contribution in [-0.4, -0.2) is 56.9 Å². The summed E-state index contributed by atoms with van der Waals surface area (Å²) in [4.78, 5) is 38.8. The van der Waals surface area contributed by atoms with E-state index < -0.39 is 34.5 Å². The van der Waals surface area contributed by atoms with Gasteiger partial charge in [-0.15, -0.1) is 11.3 Å². The minimum Gasteiger partial charge on any atom is -0.462 e. The van der Waals surface area contributed by atoms with Gasteiger partial charge >= 0.3 is 11.9 Å². The zero-order valence-electron chi connectivity index (χ0n) is 20.9. The highest BCUT2D eigenvalue weighted by atomic mass is 32.2. The van der Waals surface area contributed by atoms with Crippen molar-refractivity contribution in [3.05, 3.63) is 45.8 Å². The second-order valence-electron chi connectivity index (χ2n) is 9.10. The SMILES string of the molecule is CCOC(=O)c1c(NC(=O)COC(=O)c2ccc(S(=O)(=O)N3CCCCCC3)cc2)sc2c1CCCC2. The molecule has 37 heavy (non-hydrogen) atoms. The van der Waals surface area contributed by atoms with E-state index in [0.29, 0.717) is 23.7 Å². The average molecular weight is 549 g/mol. The molecule has 1 saturated heterocycles. The van der Waals surface area contributed by atoms with E-state index in [1.54, 1.807) is 6.92 Å². The Labute approximate surface area is 221 Å². The van der Waals surface area contributed by atoms with E-state index in [1.807, 2.05) is 0 Å². The fraction of sp³-hybridized carbons (Fsp3) is 0.500. The van der Waals surface area contributed by atoms with Crippen molar-refractivity contribution in [1.29, 1.82) is 0 Å². The number of hydrogen-bond donors (Lipinski definition) is 1. The van der Waals surface area contributed by atoms with Crippen LogP contribution in [0, 0.1) is 0 Å². The Morgan fingerprint density at radius 3 is 2.27 bits per heavy atom. The lowest BCUT2D eigenvalue weighted by Crippen LogP contribution is -2.31. The van der Waals surface area contributed by atoms with Crippen LogP contribution in [0.15, 0.2) is 29.2 Å². The van der Waals surface area contributed by atoms with E-state index in [4.69, 9.17) is 9.47 Å². The molecule has 0 bridgehead atoms. The Morgan fingerprint density at radius 2 is 1.59 bits per heavy atom. The van der Waals surface area contributed by atoms with Gasteiger partial charge in [-0.1, -0.05) is 12.8 Å². The van der Waals surface area contributed by atoms with E-state index in [2.05, 4.69) is 5.32 Å². The maximum atomic E-state index is 12.9. The van der Waals surface area contributed by atoms with Crippen molar-refractivity contribution < 1.29 is 32.3 Å². The summed E-state index contributed by atoms with van der Waals surface area (Å²) in [5.41, 5.74) is 1.46. The van der Waals surface area contributed by atoms with Crippen LogP contribution in [0.1, 0.15) is 76.6 Å². The molecule has 2 aliphatic rings. The molecule has 11 heteroatoms. The summed E-state index contributed by atoms with van der Waals surface area (Å²) in [6.07, 6.45) is 7.31. The van der Waals surface area contributed by atoms with Crippen molar-refractivity contribution in [2.75, 3.05) is 31.6 Å². The fourth-order valence-corrected chi connectivity index (χ4v) is 7.46. The summed E-state index contributed by atoms with van der Waals surface area (Å²) in [5.74, 6) is -1.78. The summed E-state index contributed by atoms with van der Waals surface area (Å²) in [6, 6.07) is 5.55. The monoisotopic (exact) mass is 548 g/mol. The summed E-state index contributed by atoms with van der Waals surface area (Å²) in [6.45, 7) is 2.40. The Balaban J connectivity index is 1.37. The number of fused-ring (bicyclic) bond motifs is 1. The van der Waals surface area contributed by atoms with Crippen molar-refractivity contribution in [1.82, 2.24) is 4.31 Å². The van der Waals surface area contributed by atoms with Gasteiger partial charge in [0.1, 0.15) is 5.00 Å². The molecule has 0 radical (unpaired) electrons. The molecular weight excluding hydrogens is 516 g/mol. The maximum absolute atomic E-state index is 12.9. The minimum absolute atomic E-state index is 0.122. The van der Waals surface area contributed by atoms with Crippen molar-refractivity contribution in [2.45, 2.75) is 63.2 Å². The lowest BCUT2D eigenvalue weighted by Gasteiger charge is -2.19. The van der Waals surface area contributed by atoms with Gasteiger partial charge in [-0.05, 0) is 75.3 Å². The average Bonchev–Trinajstić information content (AvgIpc) is 3.04. The number of hydrogen-bond acceptors (Lipinski definition) is 8. The quantitative estimate of drug-likeness (QED) is 0.492. The molecular formula is C26H32N2O7S2. The highest BCUT2D eigenvalue weighted by Gasteiger charge is 2.28.